The number of halogens is 1. The molecule has 1 aliphatic heterocycles. The average Bonchev–Trinajstić information content (AvgIpc) is 3.03. The Morgan fingerprint density at radius 3 is 2.86 bits per heavy atom. The van der Waals surface area contributed by atoms with Crippen LogP contribution in [0.1, 0.15) is 41.3 Å². The van der Waals surface area contributed by atoms with Crippen molar-refractivity contribution in [2.45, 2.75) is 38.8 Å². The third kappa shape index (κ3) is 2.89. The molecule has 0 radical (unpaired) electrons. The highest BCUT2D eigenvalue weighted by Gasteiger charge is 2.37. The Morgan fingerprint density at radius 2 is 2.07 bits per heavy atom. The van der Waals surface area contributed by atoms with Gasteiger partial charge in [-0.2, -0.15) is 0 Å². The van der Waals surface area contributed by atoms with Crippen molar-refractivity contribution in [1.29, 1.82) is 0 Å². The normalized spacial score (nSPS) is 21.6. The fourth-order valence-corrected chi connectivity index (χ4v) is 5.29. The molecule has 5 heteroatoms. The van der Waals surface area contributed by atoms with E-state index in [2.05, 4.69) is 57.3 Å². The maximum Gasteiger partial charge on any atom is 0.133 e. The Labute approximate surface area is 173 Å². The van der Waals surface area contributed by atoms with Gasteiger partial charge in [0.15, 0.2) is 0 Å². The van der Waals surface area contributed by atoms with Crippen molar-refractivity contribution in [1.82, 2.24) is 10.0 Å². The van der Waals surface area contributed by atoms with Gasteiger partial charge in [0.25, 0.3) is 0 Å². The van der Waals surface area contributed by atoms with Crippen LogP contribution in [0.4, 0.5) is 0 Å². The van der Waals surface area contributed by atoms with Gasteiger partial charge >= 0.3 is 0 Å². The zero-order valence-corrected chi connectivity index (χ0v) is 17.6. The number of quaternary nitrogens is 1. The number of fused-ring (bicyclic) bond motifs is 3. The lowest BCUT2D eigenvalue weighted by molar-refractivity contribution is -0.886. The van der Waals surface area contributed by atoms with Crippen molar-refractivity contribution in [2.24, 2.45) is 0 Å². The van der Waals surface area contributed by atoms with E-state index < -0.39 is 0 Å². The minimum atomic E-state index is 0.448. The first kappa shape index (κ1) is 18.0. The second kappa shape index (κ2) is 7.07. The summed E-state index contributed by atoms with van der Waals surface area (Å²) in [6.07, 6.45) is 5.76. The lowest BCUT2D eigenvalue weighted by Crippen LogP contribution is -3.09. The predicted molar refractivity (Wildman–Crippen MR) is 115 cm³/mol. The van der Waals surface area contributed by atoms with Gasteiger partial charge in [-0.3, -0.25) is 15.6 Å². The molecule has 1 aliphatic carbocycles. The maximum absolute atomic E-state index is 9.80. The van der Waals surface area contributed by atoms with Crippen LogP contribution < -0.4 is 10.4 Å². The molecule has 28 heavy (non-hydrogen) atoms. The first-order valence-electron chi connectivity index (χ1n) is 10.0. The molecule has 1 unspecified atom stereocenters. The third-order valence-corrected chi connectivity index (χ3v) is 6.82. The van der Waals surface area contributed by atoms with E-state index in [0.717, 1.165) is 28.8 Å². The quantitative estimate of drug-likeness (QED) is 0.541. The lowest BCUT2D eigenvalue weighted by Gasteiger charge is -2.35. The summed E-state index contributed by atoms with van der Waals surface area (Å²) >= 11 is 3.48. The van der Waals surface area contributed by atoms with Gasteiger partial charge < -0.3 is 4.57 Å². The number of benzene rings is 2. The van der Waals surface area contributed by atoms with Crippen LogP contribution in [-0.4, -0.2) is 16.3 Å². The number of nitrogens with one attached hydrogen (secondary N) is 2. The van der Waals surface area contributed by atoms with E-state index in [9.17, 15) is 5.21 Å². The molecular formula is C23H25BrN3O+. The van der Waals surface area contributed by atoms with Crippen molar-refractivity contribution in [3.63, 3.8) is 0 Å². The van der Waals surface area contributed by atoms with E-state index in [0.29, 0.717) is 6.04 Å². The van der Waals surface area contributed by atoms with E-state index in [1.165, 1.54) is 46.3 Å². The molecule has 2 atom stereocenters. The predicted octanol–water partition coefficient (Wildman–Crippen LogP) is 3.97. The summed E-state index contributed by atoms with van der Waals surface area (Å²) in [6, 6.07) is 15.4. The average molecular weight is 439 g/mol. The first-order valence-corrected chi connectivity index (χ1v) is 10.8. The standard InChI is InChI=1S/C23H24BrN3O/c1-15-5-10-21-19(13-15)18-3-2-4-22-23(18)27(21)12-11-26(22)14-20(25-28)16-6-8-17(24)9-7-16/h5-10,13-14,22,25,28H,2-4,11-12H2,1H3/p+1/t22-/m1/s1. The third-order valence-electron chi connectivity index (χ3n) is 6.29. The summed E-state index contributed by atoms with van der Waals surface area (Å²) in [6.45, 7) is 4.22. The topological polar surface area (TPSA) is 41.6 Å². The summed E-state index contributed by atoms with van der Waals surface area (Å²) in [5, 5.41) is 11.2. The lowest BCUT2D eigenvalue weighted by atomic mass is 9.89. The Hall–Kier alpha value is -2.08. The maximum atomic E-state index is 9.80. The van der Waals surface area contributed by atoms with Crippen LogP contribution in [0.25, 0.3) is 16.6 Å². The molecule has 2 heterocycles. The van der Waals surface area contributed by atoms with Gasteiger partial charge in [-0.05, 0) is 49.6 Å². The smallest absolute Gasteiger partial charge is 0.133 e. The molecule has 0 fully saturated rings. The van der Waals surface area contributed by atoms with E-state index >= 15 is 0 Å². The van der Waals surface area contributed by atoms with Gasteiger partial charge in [0, 0.05) is 27.4 Å². The van der Waals surface area contributed by atoms with Crippen molar-refractivity contribution in [3.8, 4) is 0 Å². The van der Waals surface area contributed by atoms with Gasteiger partial charge in [-0.1, -0.05) is 39.7 Å². The fourth-order valence-electron chi connectivity index (χ4n) is 5.02. The van der Waals surface area contributed by atoms with Crippen LogP contribution in [0.5, 0.6) is 0 Å². The largest absolute Gasteiger partial charge is 0.334 e. The van der Waals surface area contributed by atoms with E-state index in [-0.39, 0.29) is 0 Å². The molecule has 5 rings (SSSR count). The minimum Gasteiger partial charge on any atom is -0.334 e. The summed E-state index contributed by atoms with van der Waals surface area (Å²) < 4.78 is 3.59. The zero-order chi connectivity index (χ0) is 19.3. The van der Waals surface area contributed by atoms with Gasteiger partial charge in [0.1, 0.15) is 24.5 Å². The Bertz CT molecular complexity index is 1070. The van der Waals surface area contributed by atoms with Crippen molar-refractivity contribution in [3.05, 3.63) is 75.5 Å². The highest BCUT2D eigenvalue weighted by molar-refractivity contribution is 9.10. The summed E-state index contributed by atoms with van der Waals surface area (Å²) in [4.78, 5) is 1.42. The molecule has 0 saturated heterocycles. The summed E-state index contributed by atoms with van der Waals surface area (Å²) in [5.41, 5.74) is 9.98. The molecule has 2 aromatic carbocycles. The number of nitrogens with zero attached hydrogens (tertiary/aromatic N) is 1. The Kier molecular flexibility index (Phi) is 4.54. The number of rotatable bonds is 3. The number of aryl methyl sites for hydroxylation is 2. The van der Waals surface area contributed by atoms with Crippen LogP contribution in [-0.2, 0) is 13.0 Å². The van der Waals surface area contributed by atoms with Gasteiger partial charge in [0.2, 0.25) is 0 Å². The summed E-state index contributed by atoms with van der Waals surface area (Å²) in [7, 11) is 0. The first-order chi connectivity index (χ1) is 13.7. The highest BCUT2D eigenvalue weighted by Crippen LogP contribution is 2.37. The van der Waals surface area contributed by atoms with Crippen molar-refractivity contribution >= 4 is 32.5 Å². The van der Waals surface area contributed by atoms with Crippen molar-refractivity contribution in [2.75, 3.05) is 6.54 Å². The van der Waals surface area contributed by atoms with Crippen LogP contribution >= 0.6 is 15.9 Å². The number of aromatic nitrogens is 1. The van der Waals surface area contributed by atoms with Gasteiger partial charge in [0.05, 0.1) is 12.2 Å². The molecule has 0 amide bonds. The molecule has 0 bridgehead atoms. The second-order valence-corrected chi connectivity index (χ2v) is 8.90. The van der Waals surface area contributed by atoms with Crippen LogP contribution in [0.15, 0.2) is 53.1 Å². The number of hydrogen-bond donors (Lipinski definition) is 3. The van der Waals surface area contributed by atoms with Crippen LogP contribution in [0.2, 0.25) is 0 Å². The van der Waals surface area contributed by atoms with Crippen LogP contribution in [0, 0.1) is 6.92 Å². The van der Waals surface area contributed by atoms with E-state index in [1.54, 1.807) is 5.56 Å². The highest BCUT2D eigenvalue weighted by atomic mass is 79.9. The molecular weight excluding hydrogens is 414 g/mol. The van der Waals surface area contributed by atoms with E-state index in [1.807, 2.05) is 24.3 Å². The van der Waals surface area contributed by atoms with Gasteiger partial charge in [-0.25, -0.2) is 0 Å². The monoisotopic (exact) mass is 438 g/mol. The fraction of sp³-hybridized carbons (Fsp3) is 0.304. The minimum absolute atomic E-state index is 0.448. The molecule has 0 saturated carbocycles. The SMILES string of the molecule is Cc1ccc2c(c1)c1c3n2CC[NH+](C=C(NO)c2ccc(Br)cc2)[C@@H]3CCC1. The molecule has 144 valence electrons. The number of hydrogen-bond acceptors (Lipinski definition) is 2. The molecule has 4 nitrogen and oxygen atoms in total. The Balaban J connectivity index is 1.58. The molecule has 0 spiro atoms. The molecule has 1 aromatic heterocycles. The van der Waals surface area contributed by atoms with Crippen LogP contribution in [0.3, 0.4) is 0 Å². The summed E-state index contributed by atoms with van der Waals surface area (Å²) in [5.74, 6) is 0. The van der Waals surface area contributed by atoms with E-state index in [4.69, 9.17) is 0 Å². The molecule has 2 aliphatic rings. The molecule has 3 aromatic rings. The zero-order valence-electron chi connectivity index (χ0n) is 16.0. The second-order valence-electron chi connectivity index (χ2n) is 7.98. The molecule has 3 N–H and O–H groups in total. The Morgan fingerprint density at radius 1 is 1.25 bits per heavy atom. The van der Waals surface area contributed by atoms with Gasteiger partial charge in [-0.15, -0.1) is 0 Å². The number of hydroxylamine groups is 1. The van der Waals surface area contributed by atoms with Crippen molar-refractivity contribution < 1.29 is 10.1 Å².